The number of piperazine rings is 1. The van der Waals surface area contributed by atoms with E-state index >= 15 is 0 Å². The molecule has 0 spiro atoms. The van der Waals surface area contributed by atoms with Gasteiger partial charge in [0.05, 0.1) is 24.9 Å². The van der Waals surface area contributed by atoms with Gasteiger partial charge in [-0.1, -0.05) is 18.5 Å². The molecule has 19 heavy (non-hydrogen) atoms. The minimum Gasteiger partial charge on any atom is -0.495 e. The van der Waals surface area contributed by atoms with Crippen molar-refractivity contribution in [3.05, 3.63) is 17.2 Å². The number of hydrogen-bond acceptors (Lipinski definition) is 4. The molecule has 1 unspecified atom stereocenters. The molecule has 1 aromatic carbocycles. The summed E-state index contributed by atoms with van der Waals surface area (Å²) < 4.78 is 10.8. The van der Waals surface area contributed by atoms with E-state index in [1.165, 1.54) is 0 Å². The number of ether oxygens (including phenoxy) is 2. The summed E-state index contributed by atoms with van der Waals surface area (Å²) in [5.41, 5.74) is 1.05. The molecule has 0 aromatic heterocycles. The fraction of sp³-hybridized carbons (Fsp3) is 0.571. The minimum absolute atomic E-state index is 0.466. The Morgan fingerprint density at radius 1 is 1.32 bits per heavy atom. The van der Waals surface area contributed by atoms with Crippen molar-refractivity contribution in [1.29, 1.82) is 0 Å². The number of hydrogen-bond donors (Lipinski definition) is 1. The van der Waals surface area contributed by atoms with Gasteiger partial charge < -0.3 is 19.7 Å². The molecule has 1 aliphatic heterocycles. The first-order valence-corrected chi connectivity index (χ1v) is 6.98. The Bertz CT molecular complexity index is 440. The van der Waals surface area contributed by atoms with Gasteiger partial charge in [-0.25, -0.2) is 0 Å². The van der Waals surface area contributed by atoms with Crippen LogP contribution in [-0.2, 0) is 0 Å². The molecule has 106 valence electrons. The Morgan fingerprint density at radius 2 is 2.05 bits per heavy atom. The maximum atomic E-state index is 6.15. The van der Waals surface area contributed by atoms with Crippen molar-refractivity contribution in [2.75, 3.05) is 38.8 Å². The predicted molar refractivity (Wildman–Crippen MR) is 78.9 cm³/mol. The quantitative estimate of drug-likeness (QED) is 0.921. The third-order valence-electron chi connectivity index (χ3n) is 3.58. The molecule has 4 nitrogen and oxygen atoms in total. The Labute approximate surface area is 119 Å². The third kappa shape index (κ3) is 2.90. The van der Waals surface area contributed by atoms with Gasteiger partial charge >= 0.3 is 0 Å². The van der Waals surface area contributed by atoms with Crippen LogP contribution in [0.3, 0.4) is 0 Å². The highest BCUT2D eigenvalue weighted by atomic mass is 35.5. The van der Waals surface area contributed by atoms with Crippen LogP contribution in [0.4, 0.5) is 5.69 Å². The fourth-order valence-corrected chi connectivity index (χ4v) is 2.74. The molecule has 0 radical (unpaired) electrons. The second-order valence-electron chi connectivity index (χ2n) is 4.62. The van der Waals surface area contributed by atoms with E-state index in [0.29, 0.717) is 16.8 Å². The molecular weight excluding hydrogens is 264 g/mol. The van der Waals surface area contributed by atoms with Crippen LogP contribution >= 0.6 is 11.6 Å². The van der Waals surface area contributed by atoms with Gasteiger partial charge in [0.1, 0.15) is 11.5 Å². The number of halogens is 1. The lowest BCUT2D eigenvalue weighted by atomic mass is 10.1. The van der Waals surface area contributed by atoms with Crippen molar-refractivity contribution >= 4 is 17.3 Å². The topological polar surface area (TPSA) is 33.7 Å². The van der Waals surface area contributed by atoms with E-state index in [4.69, 9.17) is 21.1 Å². The average molecular weight is 285 g/mol. The van der Waals surface area contributed by atoms with Crippen LogP contribution in [0.2, 0.25) is 5.02 Å². The molecule has 1 aromatic rings. The summed E-state index contributed by atoms with van der Waals surface area (Å²) >= 11 is 6.15. The molecule has 1 fully saturated rings. The van der Waals surface area contributed by atoms with Gasteiger partial charge in [0.25, 0.3) is 0 Å². The summed E-state index contributed by atoms with van der Waals surface area (Å²) in [5.74, 6) is 1.48. The van der Waals surface area contributed by atoms with Crippen LogP contribution in [0, 0.1) is 0 Å². The van der Waals surface area contributed by atoms with Crippen molar-refractivity contribution < 1.29 is 9.47 Å². The molecule has 1 N–H and O–H groups in total. The minimum atomic E-state index is 0.466. The van der Waals surface area contributed by atoms with Crippen LogP contribution in [0.25, 0.3) is 0 Å². The first-order chi connectivity index (χ1) is 9.21. The molecule has 2 rings (SSSR count). The zero-order chi connectivity index (χ0) is 13.8. The van der Waals surface area contributed by atoms with Gasteiger partial charge in [0.2, 0.25) is 0 Å². The maximum Gasteiger partial charge on any atom is 0.143 e. The molecule has 1 heterocycles. The van der Waals surface area contributed by atoms with Crippen LogP contribution < -0.4 is 19.7 Å². The summed E-state index contributed by atoms with van der Waals surface area (Å²) in [6.07, 6.45) is 1.08. The number of nitrogens with zero attached hydrogens (tertiary/aromatic N) is 1. The lowest BCUT2D eigenvalue weighted by Crippen LogP contribution is -2.51. The van der Waals surface area contributed by atoms with Crippen molar-refractivity contribution in [3.63, 3.8) is 0 Å². The summed E-state index contributed by atoms with van der Waals surface area (Å²) in [5, 5.41) is 4.00. The molecule has 0 amide bonds. The fourth-order valence-electron chi connectivity index (χ4n) is 2.51. The lowest BCUT2D eigenvalue weighted by molar-refractivity contribution is 0.396. The molecular formula is C14H21ClN2O2. The second kappa shape index (κ2) is 6.35. The Balaban J connectivity index is 2.40. The van der Waals surface area contributed by atoms with E-state index < -0.39 is 0 Å². The highest BCUT2D eigenvalue weighted by molar-refractivity contribution is 6.32. The van der Waals surface area contributed by atoms with Gasteiger partial charge in [-0.15, -0.1) is 0 Å². The van der Waals surface area contributed by atoms with Crippen molar-refractivity contribution in [2.24, 2.45) is 0 Å². The summed E-state index contributed by atoms with van der Waals surface area (Å²) in [6.45, 7) is 5.12. The van der Waals surface area contributed by atoms with Crippen molar-refractivity contribution in [1.82, 2.24) is 5.32 Å². The van der Waals surface area contributed by atoms with Crippen molar-refractivity contribution in [2.45, 2.75) is 19.4 Å². The normalized spacial score (nSPS) is 19.4. The molecule has 0 bridgehead atoms. The average Bonchev–Trinajstić information content (AvgIpc) is 2.46. The highest BCUT2D eigenvalue weighted by Crippen LogP contribution is 2.39. The summed E-state index contributed by atoms with van der Waals surface area (Å²) in [4.78, 5) is 2.37. The monoisotopic (exact) mass is 284 g/mol. The number of rotatable bonds is 4. The Morgan fingerprint density at radius 3 is 2.68 bits per heavy atom. The van der Waals surface area contributed by atoms with Crippen molar-refractivity contribution in [3.8, 4) is 11.5 Å². The summed E-state index contributed by atoms with van der Waals surface area (Å²) in [6, 6.07) is 4.26. The van der Waals surface area contributed by atoms with E-state index in [1.807, 2.05) is 12.1 Å². The van der Waals surface area contributed by atoms with Gasteiger partial charge in [0.15, 0.2) is 0 Å². The highest BCUT2D eigenvalue weighted by Gasteiger charge is 2.24. The smallest absolute Gasteiger partial charge is 0.143 e. The SMILES string of the molecule is CCC1CNCCN1c1cc(OC)c(Cl)cc1OC. The maximum absolute atomic E-state index is 6.15. The Hall–Kier alpha value is -1.13. The van der Waals surface area contributed by atoms with E-state index in [0.717, 1.165) is 37.5 Å². The van der Waals surface area contributed by atoms with Crippen LogP contribution in [-0.4, -0.2) is 39.9 Å². The largest absolute Gasteiger partial charge is 0.495 e. The first kappa shape index (κ1) is 14.3. The zero-order valence-electron chi connectivity index (χ0n) is 11.7. The summed E-state index contributed by atoms with van der Waals surface area (Å²) in [7, 11) is 3.30. The number of benzene rings is 1. The third-order valence-corrected chi connectivity index (χ3v) is 3.88. The first-order valence-electron chi connectivity index (χ1n) is 6.60. The second-order valence-corrected chi connectivity index (χ2v) is 5.03. The van der Waals surface area contributed by atoms with E-state index in [-0.39, 0.29) is 0 Å². The van der Waals surface area contributed by atoms with Gasteiger partial charge in [-0.2, -0.15) is 0 Å². The van der Waals surface area contributed by atoms with Crippen LogP contribution in [0.5, 0.6) is 11.5 Å². The molecule has 1 aliphatic rings. The molecule has 0 aliphatic carbocycles. The standard InChI is InChI=1S/C14H21ClN2O2/c1-4-10-9-16-5-6-17(10)12-8-13(18-2)11(15)7-14(12)19-3/h7-8,10,16H,4-6,9H2,1-3H3. The van der Waals surface area contributed by atoms with Crippen LogP contribution in [0.15, 0.2) is 12.1 Å². The molecule has 5 heteroatoms. The van der Waals surface area contributed by atoms with Gasteiger partial charge in [0, 0.05) is 37.8 Å². The number of anilines is 1. The molecule has 1 atom stereocenters. The number of methoxy groups -OCH3 is 2. The number of nitrogens with one attached hydrogen (secondary N) is 1. The van der Waals surface area contributed by atoms with Gasteiger partial charge in [-0.3, -0.25) is 0 Å². The van der Waals surface area contributed by atoms with E-state index in [2.05, 4.69) is 17.1 Å². The predicted octanol–water partition coefficient (Wildman–Crippen LogP) is 2.55. The van der Waals surface area contributed by atoms with Gasteiger partial charge in [-0.05, 0) is 6.42 Å². The van der Waals surface area contributed by atoms with E-state index in [1.54, 1.807) is 14.2 Å². The Kier molecular flexibility index (Phi) is 4.77. The molecule has 1 saturated heterocycles. The van der Waals surface area contributed by atoms with E-state index in [9.17, 15) is 0 Å². The zero-order valence-corrected chi connectivity index (χ0v) is 12.5. The molecule has 0 saturated carbocycles. The lowest BCUT2D eigenvalue weighted by Gasteiger charge is -2.38. The van der Waals surface area contributed by atoms with Crippen LogP contribution in [0.1, 0.15) is 13.3 Å².